The Kier molecular flexibility index (Phi) is 4.19. The van der Waals surface area contributed by atoms with Gasteiger partial charge in [-0.3, -0.25) is 0 Å². The lowest BCUT2D eigenvalue weighted by Crippen LogP contribution is -2.05. The van der Waals surface area contributed by atoms with Gasteiger partial charge < -0.3 is 10.5 Å². The smallest absolute Gasteiger partial charge is 0.168 e. The van der Waals surface area contributed by atoms with E-state index >= 15 is 0 Å². The molecule has 6 heteroatoms. The Morgan fingerprint density at radius 3 is 2.67 bits per heavy atom. The molecule has 1 aromatic heterocycles. The number of rotatable bonds is 3. The van der Waals surface area contributed by atoms with Crippen LogP contribution in [0.25, 0.3) is 0 Å². The number of nitrogens with zero attached hydrogens (tertiary/aromatic N) is 2. The van der Waals surface area contributed by atoms with Crippen LogP contribution < -0.4 is 10.5 Å². The number of aromatic nitrogens is 2. The highest BCUT2D eigenvalue weighted by atomic mass is 79.9. The molecule has 1 heterocycles. The normalized spacial score (nSPS) is 10.4. The van der Waals surface area contributed by atoms with Crippen LogP contribution in [0.1, 0.15) is 11.5 Å². The second kappa shape index (κ2) is 5.67. The Labute approximate surface area is 122 Å². The molecule has 0 unspecified atom stereocenters. The van der Waals surface area contributed by atoms with Gasteiger partial charge in [-0.15, -0.1) is 0 Å². The summed E-state index contributed by atoms with van der Waals surface area (Å²) in [5.74, 6) is 1.76. The van der Waals surface area contributed by atoms with Crippen LogP contribution in [0.4, 0.5) is 5.82 Å². The van der Waals surface area contributed by atoms with Gasteiger partial charge in [0.1, 0.15) is 18.2 Å². The molecule has 2 rings (SSSR count). The van der Waals surface area contributed by atoms with E-state index in [0.717, 1.165) is 20.4 Å². The Bertz CT molecular complexity index is 555. The van der Waals surface area contributed by atoms with Gasteiger partial charge in [-0.2, -0.15) is 0 Å². The fraction of sp³-hybridized carbons (Fsp3) is 0.167. The molecule has 0 bridgehead atoms. The molecule has 0 spiro atoms. The summed E-state index contributed by atoms with van der Waals surface area (Å²) >= 11 is 6.81. The maximum Gasteiger partial charge on any atom is 0.168 e. The summed E-state index contributed by atoms with van der Waals surface area (Å²) < 4.78 is 7.50. The van der Waals surface area contributed by atoms with Crippen molar-refractivity contribution in [2.24, 2.45) is 0 Å². The molecule has 4 nitrogen and oxygen atoms in total. The molecule has 0 saturated carbocycles. The molecule has 0 atom stereocenters. The lowest BCUT2D eigenvalue weighted by molar-refractivity contribution is 0.294. The average Bonchev–Trinajstić information content (AvgIpc) is 2.26. The largest absolute Gasteiger partial charge is 0.484 e. The van der Waals surface area contributed by atoms with E-state index in [4.69, 9.17) is 10.5 Å². The van der Waals surface area contributed by atoms with Crippen molar-refractivity contribution in [3.63, 3.8) is 0 Å². The highest BCUT2D eigenvalue weighted by molar-refractivity contribution is 9.11. The van der Waals surface area contributed by atoms with Crippen LogP contribution in [0.3, 0.4) is 0 Å². The molecule has 0 saturated heterocycles. The number of nitrogens with two attached hydrogens (primary N) is 1. The predicted molar refractivity (Wildman–Crippen MR) is 77.4 cm³/mol. The topological polar surface area (TPSA) is 61.0 Å². The summed E-state index contributed by atoms with van der Waals surface area (Å²) in [5, 5.41) is 0. The molecule has 0 aliphatic carbocycles. The van der Waals surface area contributed by atoms with E-state index in [1.54, 1.807) is 6.07 Å². The SMILES string of the molecule is Cc1cc(N)nc(COc2ccc(Br)cc2Br)n1. The second-order valence-corrected chi connectivity index (χ2v) is 5.48. The van der Waals surface area contributed by atoms with Gasteiger partial charge in [0.15, 0.2) is 5.82 Å². The maximum absolute atomic E-state index is 5.66. The van der Waals surface area contributed by atoms with Crippen LogP contribution in [0.15, 0.2) is 33.2 Å². The van der Waals surface area contributed by atoms with Crippen molar-refractivity contribution in [1.82, 2.24) is 9.97 Å². The van der Waals surface area contributed by atoms with Crippen LogP contribution in [-0.4, -0.2) is 9.97 Å². The first-order valence-electron chi connectivity index (χ1n) is 5.22. The fourth-order valence-electron chi connectivity index (χ4n) is 1.46. The van der Waals surface area contributed by atoms with Gasteiger partial charge in [-0.1, -0.05) is 15.9 Å². The summed E-state index contributed by atoms with van der Waals surface area (Å²) in [7, 11) is 0. The molecule has 0 radical (unpaired) electrons. The molecule has 1 aromatic carbocycles. The minimum absolute atomic E-state index is 0.284. The van der Waals surface area contributed by atoms with Crippen molar-refractivity contribution in [2.75, 3.05) is 5.73 Å². The number of halogens is 2. The molecule has 18 heavy (non-hydrogen) atoms. The third-order valence-electron chi connectivity index (χ3n) is 2.17. The monoisotopic (exact) mass is 371 g/mol. The van der Waals surface area contributed by atoms with E-state index in [1.807, 2.05) is 25.1 Å². The summed E-state index contributed by atoms with van der Waals surface area (Å²) in [5.41, 5.74) is 6.49. The van der Waals surface area contributed by atoms with Crippen LogP contribution >= 0.6 is 31.9 Å². The van der Waals surface area contributed by atoms with Crippen molar-refractivity contribution in [2.45, 2.75) is 13.5 Å². The standard InChI is InChI=1S/C12H11Br2N3O/c1-7-4-11(15)17-12(16-7)6-18-10-3-2-8(13)5-9(10)14/h2-5H,6H2,1H3,(H2,15,16,17). The van der Waals surface area contributed by atoms with Crippen LogP contribution in [-0.2, 0) is 6.61 Å². The van der Waals surface area contributed by atoms with E-state index in [9.17, 15) is 0 Å². The first-order chi connectivity index (χ1) is 8.54. The summed E-state index contributed by atoms with van der Waals surface area (Å²) in [6.45, 7) is 2.16. The number of benzene rings is 1. The molecule has 2 aromatic rings. The molecular formula is C12H11Br2N3O. The van der Waals surface area contributed by atoms with E-state index in [2.05, 4.69) is 41.8 Å². The third kappa shape index (κ3) is 3.43. The molecular weight excluding hydrogens is 362 g/mol. The van der Waals surface area contributed by atoms with E-state index < -0.39 is 0 Å². The summed E-state index contributed by atoms with van der Waals surface area (Å²) in [6, 6.07) is 7.42. The first kappa shape index (κ1) is 13.3. The third-order valence-corrected chi connectivity index (χ3v) is 3.28. The van der Waals surface area contributed by atoms with Gasteiger partial charge in [0.2, 0.25) is 0 Å². The van der Waals surface area contributed by atoms with Crippen LogP contribution in [0, 0.1) is 6.92 Å². The van der Waals surface area contributed by atoms with Gasteiger partial charge >= 0.3 is 0 Å². The molecule has 94 valence electrons. The van der Waals surface area contributed by atoms with E-state index in [1.165, 1.54) is 0 Å². The predicted octanol–water partition coefficient (Wildman–Crippen LogP) is 3.47. The Hall–Kier alpha value is -1.14. The van der Waals surface area contributed by atoms with Crippen LogP contribution in [0.5, 0.6) is 5.75 Å². The number of ether oxygens (including phenoxy) is 1. The van der Waals surface area contributed by atoms with E-state index in [-0.39, 0.29) is 6.61 Å². The molecule has 2 N–H and O–H groups in total. The molecule has 0 amide bonds. The number of anilines is 1. The zero-order valence-electron chi connectivity index (χ0n) is 9.65. The zero-order chi connectivity index (χ0) is 13.1. The molecule has 0 fully saturated rings. The minimum atomic E-state index is 0.284. The summed E-state index contributed by atoms with van der Waals surface area (Å²) in [6.07, 6.45) is 0. The Balaban J connectivity index is 2.11. The number of hydrogen-bond acceptors (Lipinski definition) is 4. The van der Waals surface area contributed by atoms with Crippen molar-refractivity contribution in [3.05, 3.63) is 44.7 Å². The highest BCUT2D eigenvalue weighted by Crippen LogP contribution is 2.28. The number of nitrogen functional groups attached to an aromatic ring is 1. The summed E-state index contributed by atoms with van der Waals surface area (Å²) in [4.78, 5) is 8.37. The Morgan fingerprint density at radius 1 is 1.22 bits per heavy atom. The van der Waals surface area contributed by atoms with Gasteiger partial charge in [0.05, 0.1) is 4.47 Å². The highest BCUT2D eigenvalue weighted by Gasteiger charge is 2.05. The first-order valence-corrected chi connectivity index (χ1v) is 6.81. The van der Waals surface area contributed by atoms with Crippen molar-refractivity contribution in [3.8, 4) is 5.75 Å². The average molecular weight is 373 g/mol. The molecule has 0 aliphatic rings. The number of hydrogen-bond donors (Lipinski definition) is 1. The minimum Gasteiger partial charge on any atom is -0.484 e. The van der Waals surface area contributed by atoms with Gasteiger partial charge in [-0.05, 0) is 41.1 Å². The zero-order valence-corrected chi connectivity index (χ0v) is 12.8. The lowest BCUT2D eigenvalue weighted by Gasteiger charge is -2.08. The van der Waals surface area contributed by atoms with Crippen molar-refractivity contribution >= 4 is 37.7 Å². The second-order valence-electron chi connectivity index (χ2n) is 3.71. The van der Waals surface area contributed by atoms with E-state index in [0.29, 0.717) is 11.6 Å². The maximum atomic E-state index is 5.66. The quantitative estimate of drug-likeness (QED) is 0.895. The van der Waals surface area contributed by atoms with Gasteiger partial charge in [-0.25, -0.2) is 9.97 Å². The number of aryl methyl sites for hydroxylation is 1. The molecule has 0 aliphatic heterocycles. The van der Waals surface area contributed by atoms with Gasteiger partial charge in [0, 0.05) is 16.2 Å². The fourth-order valence-corrected chi connectivity index (χ4v) is 2.62. The van der Waals surface area contributed by atoms with Crippen molar-refractivity contribution in [1.29, 1.82) is 0 Å². The van der Waals surface area contributed by atoms with Crippen LogP contribution in [0.2, 0.25) is 0 Å². The van der Waals surface area contributed by atoms with Gasteiger partial charge in [0.25, 0.3) is 0 Å². The Morgan fingerprint density at radius 2 is 2.00 bits per heavy atom. The van der Waals surface area contributed by atoms with Crippen molar-refractivity contribution < 1.29 is 4.74 Å². The lowest BCUT2D eigenvalue weighted by atomic mass is 10.3.